The van der Waals surface area contributed by atoms with E-state index in [0.717, 1.165) is 5.56 Å². The number of benzene rings is 1. The van der Waals surface area contributed by atoms with Gasteiger partial charge in [0.2, 0.25) is 5.91 Å². The van der Waals surface area contributed by atoms with Gasteiger partial charge in [-0.25, -0.2) is 13.1 Å². The average Bonchev–Trinajstić information content (AvgIpc) is 3.02. The van der Waals surface area contributed by atoms with Crippen molar-refractivity contribution in [3.8, 4) is 0 Å². The third-order valence-electron chi connectivity index (χ3n) is 3.11. The Morgan fingerprint density at radius 2 is 1.91 bits per heavy atom. The van der Waals surface area contributed by atoms with Crippen molar-refractivity contribution >= 4 is 33.0 Å². The molecule has 1 aromatic heterocycles. The number of hydrogen-bond acceptors (Lipinski definition) is 4. The molecule has 0 saturated carbocycles. The number of amides is 1. The van der Waals surface area contributed by atoms with Gasteiger partial charge < -0.3 is 5.32 Å². The van der Waals surface area contributed by atoms with Crippen LogP contribution >= 0.6 is 11.3 Å². The van der Waals surface area contributed by atoms with Gasteiger partial charge in [-0.05, 0) is 36.1 Å². The molecule has 7 heteroatoms. The van der Waals surface area contributed by atoms with Gasteiger partial charge in [-0.2, -0.15) is 0 Å². The molecule has 5 nitrogen and oxygen atoms in total. The zero-order valence-corrected chi connectivity index (χ0v) is 14.0. The number of thiophene rings is 1. The summed E-state index contributed by atoms with van der Waals surface area (Å²) in [5, 5.41) is 4.48. The highest BCUT2D eigenvalue weighted by molar-refractivity contribution is 7.91. The Morgan fingerprint density at radius 1 is 1.23 bits per heavy atom. The van der Waals surface area contributed by atoms with Gasteiger partial charge in [0.05, 0.1) is 0 Å². The van der Waals surface area contributed by atoms with Crippen LogP contribution < -0.4 is 10.0 Å². The Bertz CT molecular complexity index is 723. The quantitative estimate of drug-likeness (QED) is 0.849. The molecule has 0 spiro atoms. The predicted molar refractivity (Wildman–Crippen MR) is 88.4 cm³/mol. The summed E-state index contributed by atoms with van der Waals surface area (Å²) in [5.41, 5.74) is 1.53. The smallest absolute Gasteiger partial charge is 0.250 e. The number of sulfonamides is 1. The normalized spacial score (nSPS) is 12.8. The molecule has 1 unspecified atom stereocenters. The SMILES string of the molecule is CCC(=O)Nc1ccc(C(C)NS(=O)(=O)c2cccs2)cc1. The summed E-state index contributed by atoms with van der Waals surface area (Å²) >= 11 is 1.18. The highest BCUT2D eigenvalue weighted by Crippen LogP contribution is 2.21. The van der Waals surface area contributed by atoms with Crippen LogP contribution in [0.15, 0.2) is 46.0 Å². The first-order valence-electron chi connectivity index (χ1n) is 6.88. The molecule has 1 aromatic carbocycles. The fraction of sp³-hybridized carbons (Fsp3) is 0.267. The Kier molecular flexibility index (Phi) is 5.33. The molecule has 0 saturated heterocycles. The minimum Gasteiger partial charge on any atom is -0.326 e. The van der Waals surface area contributed by atoms with E-state index in [2.05, 4.69) is 10.0 Å². The fourth-order valence-electron chi connectivity index (χ4n) is 1.88. The summed E-state index contributed by atoms with van der Waals surface area (Å²) in [6.45, 7) is 3.57. The van der Waals surface area contributed by atoms with Gasteiger partial charge >= 0.3 is 0 Å². The van der Waals surface area contributed by atoms with Crippen LogP contribution in [0.25, 0.3) is 0 Å². The zero-order valence-electron chi connectivity index (χ0n) is 12.4. The average molecular weight is 338 g/mol. The standard InChI is InChI=1S/C15H18N2O3S2/c1-3-14(18)16-13-8-6-12(7-9-13)11(2)17-22(19,20)15-5-4-10-21-15/h4-11,17H,3H2,1-2H3,(H,16,18). The van der Waals surface area contributed by atoms with Gasteiger partial charge in [0.15, 0.2) is 0 Å². The van der Waals surface area contributed by atoms with Crippen molar-refractivity contribution in [3.05, 3.63) is 47.3 Å². The lowest BCUT2D eigenvalue weighted by Gasteiger charge is -2.14. The van der Waals surface area contributed by atoms with Gasteiger partial charge in [-0.3, -0.25) is 4.79 Å². The van der Waals surface area contributed by atoms with E-state index in [-0.39, 0.29) is 11.9 Å². The first-order chi connectivity index (χ1) is 10.4. The first-order valence-corrected chi connectivity index (χ1v) is 9.24. The fourth-order valence-corrected chi connectivity index (χ4v) is 4.12. The van der Waals surface area contributed by atoms with Crippen molar-refractivity contribution in [1.29, 1.82) is 0 Å². The summed E-state index contributed by atoms with van der Waals surface area (Å²) in [4.78, 5) is 11.3. The minimum atomic E-state index is -3.50. The molecule has 118 valence electrons. The molecule has 0 bridgehead atoms. The van der Waals surface area contributed by atoms with Gasteiger partial charge in [-0.1, -0.05) is 25.1 Å². The van der Waals surface area contributed by atoms with Crippen LogP contribution in [0, 0.1) is 0 Å². The molecular formula is C15H18N2O3S2. The van der Waals surface area contributed by atoms with Crippen molar-refractivity contribution < 1.29 is 13.2 Å². The molecule has 2 rings (SSSR count). The third-order valence-corrected chi connectivity index (χ3v) is 6.05. The summed E-state index contributed by atoms with van der Waals surface area (Å²) in [6, 6.07) is 10.0. The van der Waals surface area contributed by atoms with Crippen LogP contribution in [-0.2, 0) is 14.8 Å². The molecule has 1 amide bonds. The van der Waals surface area contributed by atoms with Crippen molar-refractivity contribution in [2.24, 2.45) is 0 Å². The minimum absolute atomic E-state index is 0.0563. The number of carbonyl (C=O) groups excluding carboxylic acids is 1. The van der Waals surface area contributed by atoms with Crippen LogP contribution in [0.1, 0.15) is 31.9 Å². The molecule has 22 heavy (non-hydrogen) atoms. The lowest BCUT2D eigenvalue weighted by molar-refractivity contribution is -0.115. The van der Waals surface area contributed by atoms with Crippen LogP contribution in [0.5, 0.6) is 0 Å². The molecule has 0 radical (unpaired) electrons. The van der Waals surface area contributed by atoms with Crippen LogP contribution in [-0.4, -0.2) is 14.3 Å². The molecular weight excluding hydrogens is 320 g/mol. The van der Waals surface area contributed by atoms with Gasteiger partial charge in [0.25, 0.3) is 10.0 Å². The topological polar surface area (TPSA) is 75.3 Å². The van der Waals surface area contributed by atoms with Gasteiger partial charge in [0.1, 0.15) is 4.21 Å². The number of anilines is 1. The molecule has 0 aliphatic heterocycles. The van der Waals surface area contributed by atoms with Crippen molar-refractivity contribution in [2.75, 3.05) is 5.32 Å². The predicted octanol–water partition coefficient (Wildman–Crippen LogP) is 3.14. The highest BCUT2D eigenvalue weighted by atomic mass is 32.2. The molecule has 0 aliphatic carbocycles. The second kappa shape index (κ2) is 7.04. The maximum Gasteiger partial charge on any atom is 0.250 e. The molecule has 0 aliphatic rings. The Morgan fingerprint density at radius 3 is 2.45 bits per heavy atom. The molecule has 1 atom stereocenters. The van der Waals surface area contributed by atoms with E-state index < -0.39 is 10.0 Å². The van der Waals surface area contributed by atoms with E-state index in [9.17, 15) is 13.2 Å². The number of hydrogen-bond donors (Lipinski definition) is 2. The van der Waals surface area contributed by atoms with Gasteiger partial charge in [0, 0.05) is 18.2 Å². The van der Waals surface area contributed by atoms with E-state index in [1.165, 1.54) is 11.3 Å². The van der Waals surface area contributed by atoms with Crippen LogP contribution in [0.4, 0.5) is 5.69 Å². The van der Waals surface area contributed by atoms with Crippen molar-refractivity contribution in [3.63, 3.8) is 0 Å². The van der Waals surface area contributed by atoms with E-state index in [1.807, 2.05) is 0 Å². The second-order valence-electron chi connectivity index (χ2n) is 4.80. The first kappa shape index (κ1) is 16.7. The largest absolute Gasteiger partial charge is 0.326 e. The summed E-state index contributed by atoms with van der Waals surface area (Å²) in [5.74, 6) is -0.0563. The molecule has 2 N–H and O–H groups in total. The zero-order chi connectivity index (χ0) is 16.2. The number of carbonyl (C=O) groups is 1. The van der Waals surface area contributed by atoms with E-state index in [0.29, 0.717) is 16.3 Å². The third kappa shape index (κ3) is 4.16. The van der Waals surface area contributed by atoms with Crippen LogP contribution in [0.2, 0.25) is 0 Å². The molecule has 2 aromatic rings. The van der Waals surface area contributed by atoms with E-state index in [1.54, 1.807) is 55.6 Å². The van der Waals surface area contributed by atoms with E-state index >= 15 is 0 Å². The Labute approximate surface area is 134 Å². The Hall–Kier alpha value is -1.70. The van der Waals surface area contributed by atoms with E-state index in [4.69, 9.17) is 0 Å². The number of nitrogens with one attached hydrogen (secondary N) is 2. The molecule has 1 heterocycles. The summed E-state index contributed by atoms with van der Waals surface area (Å²) in [6.07, 6.45) is 0.415. The van der Waals surface area contributed by atoms with Crippen molar-refractivity contribution in [2.45, 2.75) is 30.5 Å². The lowest BCUT2D eigenvalue weighted by Crippen LogP contribution is -2.26. The summed E-state index contributed by atoms with van der Waals surface area (Å²) in [7, 11) is -3.50. The van der Waals surface area contributed by atoms with Gasteiger partial charge in [-0.15, -0.1) is 11.3 Å². The maximum atomic E-state index is 12.2. The summed E-state index contributed by atoms with van der Waals surface area (Å²) < 4.78 is 27.3. The van der Waals surface area contributed by atoms with Crippen LogP contribution in [0.3, 0.4) is 0 Å². The monoisotopic (exact) mass is 338 g/mol. The maximum absolute atomic E-state index is 12.2. The second-order valence-corrected chi connectivity index (χ2v) is 7.69. The molecule has 0 fully saturated rings. The van der Waals surface area contributed by atoms with Crippen molar-refractivity contribution in [1.82, 2.24) is 4.72 Å². The number of rotatable bonds is 6. The Balaban J connectivity index is 2.07. The highest BCUT2D eigenvalue weighted by Gasteiger charge is 2.19. The lowest BCUT2D eigenvalue weighted by atomic mass is 10.1.